The molecule has 0 fully saturated rings. The molecule has 1 unspecified atom stereocenters. The quantitative estimate of drug-likeness (QED) is 0.930. The minimum atomic E-state index is -0.387. The number of hydrogen-bond donors (Lipinski definition) is 1. The summed E-state index contributed by atoms with van der Waals surface area (Å²) in [5.41, 5.74) is 9.73. The fourth-order valence-corrected chi connectivity index (χ4v) is 3.01. The molecule has 0 saturated heterocycles. The highest BCUT2D eigenvalue weighted by Gasteiger charge is 2.35. The van der Waals surface area contributed by atoms with Crippen LogP contribution in [0, 0.1) is 5.82 Å². The summed E-state index contributed by atoms with van der Waals surface area (Å²) in [7, 11) is 1.66. The standard InChI is InChI=1S/C17H18FNO/c1-20-15-7-4-13-8-9-17(19,16(13)10-15)11-12-2-5-14(18)6-3-12/h2-7,10H,8-9,11,19H2,1H3. The van der Waals surface area contributed by atoms with Crippen LogP contribution in [0.4, 0.5) is 4.39 Å². The van der Waals surface area contributed by atoms with E-state index in [1.165, 1.54) is 17.7 Å². The lowest BCUT2D eigenvalue weighted by Crippen LogP contribution is -2.36. The van der Waals surface area contributed by atoms with Crippen LogP contribution in [0.15, 0.2) is 42.5 Å². The van der Waals surface area contributed by atoms with Crippen LogP contribution < -0.4 is 10.5 Å². The number of methoxy groups -OCH3 is 1. The van der Waals surface area contributed by atoms with Gasteiger partial charge in [-0.3, -0.25) is 0 Å². The van der Waals surface area contributed by atoms with E-state index in [1.54, 1.807) is 7.11 Å². The van der Waals surface area contributed by atoms with Gasteiger partial charge in [-0.1, -0.05) is 18.2 Å². The average Bonchev–Trinajstić information content (AvgIpc) is 2.78. The molecule has 0 aliphatic heterocycles. The zero-order valence-electron chi connectivity index (χ0n) is 11.5. The van der Waals surface area contributed by atoms with E-state index >= 15 is 0 Å². The molecule has 3 heteroatoms. The van der Waals surface area contributed by atoms with Gasteiger partial charge in [0.15, 0.2) is 0 Å². The number of hydrogen-bond acceptors (Lipinski definition) is 2. The molecule has 1 aliphatic carbocycles. The number of halogens is 1. The number of fused-ring (bicyclic) bond motifs is 1. The predicted octanol–water partition coefficient (Wildman–Crippen LogP) is 3.18. The fourth-order valence-electron chi connectivity index (χ4n) is 3.01. The monoisotopic (exact) mass is 271 g/mol. The van der Waals surface area contributed by atoms with E-state index in [-0.39, 0.29) is 11.4 Å². The van der Waals surface area contributed by atoms with Crippen molar-refractivity contribution in [2.45, 2.75) is 24.8 Å². The van der Waals surface area contributed by atoms with E-state index in [0.717, 1.165) is 29.7 Å². The second-order valence-electron chi connectivity index (χ2n) is 5.48. The highest BCUT2D eigenvalue weighted by atomic mass is 19.1. The van der Waals surface area contributed by atoms with Gasteiger partial charge in [-0.2, -0.15) is 0 Å². The first-order chi connectivity index (χ1) is 9.60. The lowest BCUT2D eigenvalue weighted by Gasteiger charge is -2.26. The predicted molar refractivity (Wildman–Crippen MR) is 77.3 cm³/mol. The Morgan fingerprint density at radius 2 is 1.95 bits per heavy atom. The minimum absolute atomic E-state index is 0.215. The van der Waals surface area contributed by atoms with Crippen LogP contribution in [0.2, 0.25) is 0 Å². The van der Waals surface area contributed by atoms with Crippen LogP contribution in [0.3, 0.4) is 0 Å². The first-order valence-corrected chi connectivity index (χ1v) is 6.81. The molecule has 20 heavy (non-hydrogen) atoms. The SMILES string of the molecule is COc1ccc2c(c1)C(N)(Cc1ccc(F)cc1)CC2. The third-order valence-corrected chi connectivity index (χ3v) is 4.13. The molecule has 104 valence electrons. The molecule has 1 aliphatic rings. The molecular weight excluding hydrogens is 253 g/mol. The van der Waals surface area contributed by atoms with Crippen molar-refractivity contribution in [2.24, 2.45) is 5.73 Å². The third-order valence-electron chi connectivity index (χ3n) is 4.13. The molecule has 2 aromatic rings. The number of aryl methyl sites for hydroxylation is 1. The summed E-state index contributed by atoms with van der Waals surface area (Å²) in [4.78, 5) is 0. The van der Waals surface area contributed by atoms with E-state index in [2.05, 4.69) is 6.07 Å². The van der Waals surface area contributed by atoms with E-state index in [1.807, 2.05) is 24.3 Å². The topological polar surface area (TPSA) is 35.2 Å². The molecule has 2 N–H and O–H groups in total. The van der Waals surface area contributed by atoms with Crippen molar-refractivity contribution in [3.05, 3.63) is 65.0 Å². The lowest BCUT2D eigenvalue weighted by molar-refractivity contribution is 0.407. The van der Waals surface area contributed by atoms with Crippen LogP contribution >= 0.6 is 0 Å². The summed E-state index contributed by atoms with van der Waals surface area (Å²) < 4.78 is 18.3. The molecule has 0 bridgehead atoms. The van der Waals surface area contributed by atoms with Crippen LogP contribution in [0.1, 0.15) is 23.1 Å². The summed E-state index contributed by atoms with van der Waals surface area (Å²) in [5, 5.41) is 0. The second kappa shape index (κ2) is 4.91. The maximum Gasteiger partial charge on any atom is 0.123 e. The maximum absolute atomic E-state index is 13.0. The molecule has 2 aromatic carbocycles. The van der Waals surface area contributed by atoms with Gasteiger partial charge in [-0.25, -0.2) is 4.39 Å². The second-order valence-corrected chi connectivity index (χ2v) is 5.48. The van der Waals surface area contributed by atoms with Crippen molar-refractivity contribution >= 4 is 0 Å². The largest absolute Gasteiger partial charge is 0.497 e. The van der Waals surface area contributed by atoms with E-state index in [0.29, 0.717) is 6.42 Å². The molecule has 0 heterocycles. The van der Waals surface area contributed by atoms with Gasteiger partial charge < -0.3 is 10.5 Å². The van der Waals surface area contributed by atoms with Gasteiger partial charge in [0.1, 0.15) is 11.6 Å². The fraction of sp³-hybridized carbons (Fsp3) is 0.294. The molecule has 1 atom stereocenters. The summed E-state index contributed by atoms with van der Waals surface area (Å²) in [5.74, 6) is 0.618. The van der Waals surface area contributed by atoms with Gasteiger partial charge in [0.2, 0.25) is 0 Å². The maximum atomic E-state index is 13.0. The Morgan fingerprint density at radius 1 is 1.20 bits per heavy atom. The Kier molecular flexibility index (Phi) is 3.22. The van der Waals surface area contributed by atoms with Gasteiger partial charge in [0.25, 0.3) is 0 Å². The number of nitrogens with two attached hydrogens (primary N) is 1. The van der Waals surface area contributed by atoms with Crippen molar-refractivity contribution in [3.63, 3.8) is 0 Å². The Hall–Kier alpha value is -1.87. The highest BCUT2D eigenvalue weighted by Crippen LogP contribution is 2.39. The molecular formula is C17H18FNO. The van der Waals surface area contributed by atoms with Gasteiger partial charge in [0, 0.05) is 5.54 Å². The van der Waals surface area contributed by atoms with Crippen molar-refractivity contribution in [1.82, 2.24) is 0 Å². The molecule has 0 amide bonds. The Morgan fingerprint density at radius 3 is 2.65 bits per heavy atom. The smallest absolute Gasteiger partial charge is 0.123 e. The molecule has 0 saturated carbocycles. The summed E-state index contributed by atoms with van der Waals surface area (Å²) in [6.07, 6.45) is 2.61. The molecule has 0 spiro atoms. The van der Waals surface area contributed by atoms with Crippen LogP contribution in [-0.2, 0) is 18.4 Å². The normalized spacial score (nSPS) is 20.8. The van der Waals surface area contributed by atoms with Crippen LogP contribution in [0.5, 0.6) is 5.75 Å². The van der Waals surface area contributed by atoms with Crippen molar-refractivity contribution in [3.8, 4) is 5.75 Å². The number of ether oxygens (including phenoxy) is 1. The Balaban J connectivity index is 1.93. The number of benzene rings is 2. The number of rotatable bonds is 3. The molecule has 0 aromatic heterocycles. The third kappa shape index (κ3) is 2.29. The van der Waals surface area contributed by atoms with Gasteiger partial charge in [-0.05, 0) is 60.2 Å². The van der Waals surface area contributed by atoms with Crippen LogP contribution in [0.25, 0.3) is 0 Å². The Bertz CT molecular complexity index is 623. The molecule has 2 nitrogen and oxygen atoms in total. The van der Waals surface area contributed by atoms with Gasteiger partial charge in [-0.15, -0.1) is 0 Å². The summed E-state index contributed by atoms with van der Waals surface area (Å²) in [6.45, 7) is 0. The van der Waals surface area contributed by atoms with Crippen molar-refractivity contribution < 1.29 is 9.13 Å². The van der Waals surface area contributed by atoms with Gasteiger partial charge in [0.05, 0.1) is 7.11 Å². The van der Waals surface area contributed by atoms with Crippen molar-refractivity contribution in [1.29, 1.82) is 0 Å². The Labute approximate surface area is 118 Å². The van der Waals surface area contributed by atoms with E-state index in [9.17, 15) is 4.39 Å². The van der Waals surface area contributed by atoms with Crippen LogP contribution in [-0.4, -0.2) is 7.11 Å². The average molecular weight is 271 g/mol. The summed E-state index contributed by atoms with van der Waals surface area (Å²) in [6, 6.07) is 12.7. The van der Waals surface area contributed by atoms with Crippen molar-refractivity contribution in [2.75, 3.05) is 7.11 Å². The first-order valence-electron chi connectivity index (χ1n) is 6.81. The highest BCUT2D eigenvalue weighted by molar-refractivity contribution is 5.44. The molecule has 0 radical (unpaired) electrons. The summed E-state index contributed by atoms with van der Waals surface area (Å²) >= 11 is 0. The lowest BCUT2D eigenvalue weighted by atomic mass is 9.86. The van der Waals surface area contributed by atoms with Gasteiger partial charge >= 0.3 is 0 Å². The molecule has 3 rings (SSSR count). The first kappa shape index (κ1) is 13.1. The zero-order chi connectivity index (χ0) is 14.2. The van der Waals surface area contributed by atoms with E-state index < -0.39 is 0 Å². The minimum Gasteiger partial charge on any atom is -0.497 e. The van der Waals surface area contributed by atoms with E-state index in [4.69, 9.17) is 10.5 Å². The zero-order valence-corrected chi connectivity index (χ0v) is 11.5.